The molecule has 0 spiro atoms. The molecule has 32 heavy (non-hydrogen) atoms. The maximum Gasteiger partial charge on any atom is 0.247 e. The molecule has 0 saturated carbocycles. The summed E-state index contributed by atoms with van der Waals surface area (Å²) in [7, 11) is 0. The number of piperidine rings is 1. The van der Waals surface area contributed by atoms with Gasteiger partial charge < -0.3 is 20.1 Å². The molecule has 1 atom stereocenters. The van der Waals surface area contributed by atoms with E-state index < -0.39 is 6.10 Å². The molecular weight excluding hydrogens is 400 g/mol. The minimum atomic E-state index is -0.552. The van der Waals surface area contributed by atoms with Crippen LogP contribution in [0.3, 0.4) is 0 Å². The number of ether oxygens (including phenoxy) is 1. The van der Waals surface area contributed by atoms with Gasteiger partial charge in [0.2, 0.25) is 5.91 Å². The summed E-state index contributed by atoms with van der Waals surface area (Å²) in [4.78, 5) is 14.2. The molecule has 2 fully saturated rings. The molecule has 5 nitrogen and oxygen atoms in total. The Hall–Kier alpha value is -2.63. The van der Waals surface area contributed by atoms with Crippen LogP contribution in [0.1, 0.15) is 47.4 Å². The van der Waals surface area contributed by atoms with Crippen molar-refractivity contribution in [3.63, 3.8) is 0 Å². The molecule has 4 rings (SSSR count). The summed E-state index contributed by atoms with van der Waals surface area (Å²) in [6.07, 6.45) is 4.31. The number of aliphatic hydroxyl groups is 1. The maximum absolute atomic E-state index is 11.9. The molecule has 2 heterocycles. The molecule has 0 bridgehead atoms. The van der Waals surface area contributed by atoms with E-state index in [1.807, 2.05) is 30.3 Å². The lowest BCUT2D eigenvalue weighted by Gasteiger charge is -2.33. The highest BCUT2D eigenvalue weighted by Gasteiger charge is 2.23. The second kappa shape index (κ2) is 10.3. The summed E-state index contributed by atoms with van der Waals surface area (Å²) in [5.41, 5.74) is 5.80. The number of hydrogen-bond donors (Lipinski definition) is 2. The Labute approximate surface area is 191 Å². The van der Waals surface area contributed by atoms with Crippen molar-refractivity contribution in [1.82, 2.24) is 10.2 Å². The highest BCUT2D eigenvalue weighted by Crippen LogP contribution is 2.29. The molecule has 0 unspecified atom stereocenters. The largest absolute Gasteiger partial charge is 0.490 e. The van der Waals surface area contributed by atoms with Crippen LogP contribution in [-0.4, -0.2) is 54.8 Å². The van der Waals surface area contributed by atoms with E-state index in [2.05, 4.69) is 42.3 Å². The van der Waals surface area contributed by atoms with Crippen molar-refractivity contribution in [2.75, 3.05) is 32.8 Å². The lowest BCUT2D eigenvalue weighted by molar-refractivity contribution is -0.116. The summed E-state index contributed by atoms with van der Waals surface area (Å²) in [6.45, 7) is 7.87. The maximum atomic E-state index is 11.9. The fourth-order valence-electron chi connectivity index (χ4n) is 4.60. The smallest absolute Gasteiger partial charge is 0.247 e. The molecule has 2 saturated heterocycles. The first-order valence-corrected chi connectivity index (χ1v) is 11.7. The highest BCUT2D eigenvalue weighted by atomic mass is 16.5. The van der Waals surface area contributed by atoms with Gasteiger partial charge in [0.1, 0.15) is 18.5 Å². The fraction of sp³-hybridized carbons (Fsp3) is 0.444. The van der Waals surface area contributed by atoms with Crippen LogP contribution in [0.15, 0.2) is 48.0 Å². The minimum absolute atomic E-state index is 0.0101. The van der Waals surface area contributed by atoms with Crippen molar-refractivity contribution in [2.45, 2.75) is 45.1 Å². The number of amides is 1. The number of carbonyl (C=O) groups excluding carboxylic acids is 1. The summed E-state index contributed by atoms with van der Waals surface area (Å²) < 4.78 is 5.95. The summed E-state index contributed by atoms with van der Waals surface area (Å²) in [5.74, 6) is 1.29. The van der Waals surface area contributed by atoms with Crippen LogP contribution in [-0.2, 0) is 4.79 Å². The zero-order valence-corrected chi connectivity index (χ0v) is 19.1. The lowest BCUT2D eigenvalue weighted by atomic mass is 9.88. The lowest BCUT2D eigenvalue weighted by Crippen LogP contribution is -2.40. The van der Waals surface area contributed by atoms with Gasteiger partial charge in [0.05, 0.1) is 0 Å². The van der Waals surface area contributed by atoms with Crippen LogP contribution < -0.4 is 10.1 Å². The monoisotopic (exact) mass is 434 g/mol. The Morgan fingerprint density at radius 1 is 1.16 bits per heavy atom. The molecule has 0 aliphatic carbocycles. The second-order valence-electron chi connectivity index (χ2n) is 9.10. The standard InChI is InChI=1S/C27H34N2O3/c1-19-7-8-22(15-20(19)2)21-10-13-29(14-11-21)17-25(30)18-32-26-6-4-3-5-23(26)16-24-9-12-28-27(24)31/h3-8,15-16,21,25,30H,9-14,17-18H2,1-2H3,(H,28,31)/t25-/m0/s1. The molecule has 0 radical (unpaired) electrons. The van der Waals surface area contributed by atoms with Crippen LogP contribution in [0.25, 0.3) is 6.08 Å². The van der Waals surface area contributed by atoms with E-state index in [4.69, 9.17) is 4.74 Å². The van der Waals surface area contributed by atoms with Gasteiger partial charge in [-0.2, -0.15) is 0 Å². The number of para-hydroxylation sites is 1. The highest BCUT2D eigenvalue weighted by molar-refractivity contribution is 6.00. The van der Waals surface area contributed by atoms with Gasteiger partial charge in [-0.3, -0.25) is 4.79 Å². The first-order chi connectivity index (χ1) is 15.5. The van der Waals surface area contributed by atoms with Crippen LogP contribution in [0, 0.1) is 13.8 Å². The third-order valence-electron chi connectivity index (χ3n) is 6.71. The van der Waals surface area contributed by atoms with Gasteiger partial charge in [0.25, 0.3) is 0 Å². The van der Waals surface area contributed by atoms with Gasteiger partial charge in [-0.25, -0.2) is 0 Å². The zero-order chi connectivity index (χ0) is 22.5. The van der Waals surface area contributed by atoms with E-state index in [0.29, 0.717) is 24.8 Å². The van der Waals surface area contributed by atoms with Gasteiger partial charge in [-0.1, -0.05) is 36.4 Å². The van der Waals surface area contributed by atoms with Crippen molar-refractivity contribution in [3.8, 4) is 5.75 Å². The quantitative estimate of drug-likeness (QED) is 0.651. The number of β-amino-alcohol motifs (C(OH)–C–C–N with tert-alkyl or cyclic N) is 1. The van der Waals surface area contributed by atoms with Crippen molar-refractivity contribution < 1.29 is 14.6 Å². The Kier molecular flexibility index (Phi) is 7.28. The predicted octanol–water partition coefficient (Wildman–Crippen LogP) is 3.83. The van der Waals surface area contributed by atoms with Gasteiger partial charge in [0.15, 0.2) is 0 Å². The third-order valence-corrected chi connectivity index (χ3v) is 6.71. The second-order valence-corrected chi connectivity index (χ2v) is 9.10. The summed E-state index contributed by atoms with van der Waals surface area (Å²) >= 11 is 0. The van der Waals surface area contributed by atoms with E-state index in [-0.39, 0.29) is 12.5 Å². The van der Waals surface area contributed by atoms with Gasteiger partial charge >= 0.3 is 0 Å². The van der Waals surface area contributed by atoms with Crippen LogP contribution in [0.4, 0.5) is 0 Å². The molecule has 2 aromatic rings. The van der Waals surface area contributed by atoms with Crippen LogP contribution in [0.5, 0.6) is 5.75 Å². The van der Waals surface area contributed by atoms with E-state index in [1.54, 1.807) is 0 Å². The normalized spacial score (nSPS) is 19.8. The van der Waals surface area contributed by atoms with E-state index in [0.717, 1.165) is 43.5 Å². The Morgan fingerprint density at radius 3 is 2.66 bits per heavy atom. The average Bonchev–Trinajstić information content (AvgIpc) is 3.20. The number of carbonyl (C=O) groups is 1. The average molecular weight is 435 g/mol. The number of rotatable bonds is 7. The Morgan fingerprint density at radius 2 is 1.94 bits per heavy atom. The van der Waals surface area contributed by atoms with Gasteiger partial charge in [-0.05, 0) is 81.0 Å². The molecule has 2 N–H and O–H groups in total. The topological polar surface area (TPSA) is 61.8 Å². The number of nitrogens with one attached hydrogen (secondary N) is 1. The van der Waals surface area contributed by atoms with Crippen molar-refractivity contribution >= 4 is 12.0 Å². The molecule has 2 aromatic carbocycles. The molecule has 170 valence electrons. The first-order valence-electron chi connectivity index (χ1n) is 11.7. The van der Waals surface area contributed by atoms with Crippen molar-refractivity contribution in [2.24, 2.45) is 0 Å². The van der Waals surface area contributed by atoms with Crippen LogP contribution in [0.2, 0.25) is 0 Å². The molecule has 2 aliphatic rings. The Bertz CT molecular complexity index is 977. The summed E-state index contributed by atoms with van der Waals surface area (Å²) in [5, 5.41) is 13.4. The van der Waals surface area contributed by atoms with E-state index in [1.165, 1.54) is 16.7 Å². The number of aryl methyl sites for hydroxylation is 2. The number of aliphatic hydroxyl groups excluding tert-OH is 1. The summed E-state index contributed by atoms with van der Waals surface area (Å²) in [6, 6.07) is 14.5. The number of hydrogen-bond acceptors (Lipinski definition) is 4. The van der Waals surface area contributed by atoms with Crippen molar-refractivity contribution in [3.05, 3.63) is 70.3 Å². The Balaban J connectivity index is 1.27. The molecule has 1 amide bonds. The van der Waals surface area contributed by atoms with Gasteiger partial charge in [0, 0.05) is 24.2 Å². The third kappa shape index (κ3) is 5.59. The first kappa shape index (κ1) is 22.6. The molecule has 2 aliphatic heterocycles. The fourth-order valence-corrected chi connectivity index (χ4v) is 4.60. The van der Waals surface area contributed by atoms with E-state index >= 15 is 0 Å². The van der Waals surface area contributed by atoms with E-state index in [9.17, 15) is 9.90 Å². The number of nitrogens with zero attached hydrogens (tertiary/aromatic N) is 1. The number of benzene rings is 2. The molecule has 5 heteroatoms. The predicted molar refractivity (Wildman–Crippen MR) is 128 cm³/mol. The minimum Gasteiger partial charge on any atom is -0.490 e. The van der Waals surface area contributed by atoms with Crippen molar-refractivity contribution in [1.29, 1.82) is 0 Å². The van der Waals surface area contributed by atoms with Gasteiger partial charge in [-0.15, -0.1) is 0 Å². The SMILES string of the molecule is Cc1ccc(C2CCN(C[C@H](O)COc3ccccc3C=C3CCNC3=O)CC2)cc1C. The van der Waals surface area contributed by atoms with Crippen LogP contribution >= 0.6 is 0 Å². The number of likely N-dealkylation sites (tertiary alicyclic amines) is 1. The zero-order valence-electron chi connectivity index (χ0n) is 19.1. The molecule has 0 aromatic heterocycles. The molecular formula is C27H34N2O3.